The molecule has 0 atom stereocenters. The van der Waals surface area contributed by atoms with E-state index in [0.29, 0.717) is 11.3 Å². The molecule has 0 aliphatic carbocycles. The summed E-state index contributed by atoms with van der Waals surface area (Å²) in [7, 11) is 0. The molecule has 0 saturated heterocycles. The van der Waals surface area contributed by atoms with E-state index in [0.717, 1.165) is 5.56 Å². The maximum absolute atomic E-state index is 11.8. The number of carbonyl (C=O) groups is 2. The van der Waals surface area contributed by atoms with E-state index in [1.54, 1.807) is 6.08 Å². The predicted octanol–water partition coefficient (Wildman–Crippen LogP) is 2.53. The van der Waals surface area contributed by atoms with E-state index in [4.69, 9.17) is 4.74 Å². The van der Waals surface area contributed by atoms with Gasteiger partial charge in [-0.2, -0.15) is 0 Å². The minimum Gasteiger partial charge on any atom is -0.466 e. The quantitative estimate of drug-likeness (QED) is 0.765. The summed E-state index contributed by atoms with van der Waals surface area (Å²) in [6.07, 6.45) is 1.65. The Morgan fingerprint density at radius 1 is 1.11 bits per heavy atom. The Kier molecular flexibility index (Phi) is 2.91. The Labute approximate surface area is 106 Å². The lowest BCUT2D eigenvalue weighted by molar-refractivity contribution is -0.142. The lowest BCUT2D eigenvalue weighted by Gasteiger charge is -2.25. The summed E-state index contributed by atoms with van der Waals surface area (Å²) >= 11 is 0. The molecule has 0 saturated carbocycles. The SMILES string of the molecule is C=C1C=C(c2ccccc2)OC1(C(C)=O)C(C)=O. The van der Waals surface area contributed by atoms with E-state index in [2.05, 4.69) is 6.58 Å². The zero-order chi connectivity index (χ0) is 13.3. The van der Waals surface area contributed by atoms with Crippen molar-refractivity contribution in [2.24, 2.45) is 0 Å². The van der Waals surface area contributed by atoms with Gasteiger partial charge in [0.1, 0.15) is 5.76 Å². The molecule has 3 nitrogen and oxygen atoms in total. The molecule has 0 amide bonds. The van der Waals surface area contributed by atoms with Crippen molar-refractivity contribution in [3.05, 3.63) is 54.1 Å². The van der Waals surface area contributed by atoms with Crippen LogP contribution in [0, 0.1) is 0 Å². The Morgan fingerprint density at radius 2 is 1.67 bits per heavy atom. The maximum atomic E-state index is 11.8. The summed E-state index contributed by atoms with van der Waals surface area (Å²) in [5.41, 5.74) is -0.324. The monoisotopic (exact) mass is 242 g/mol. The number of ketones is 2. The predicted molar refractivity (Wildman–Crippen MR) is 68.7 cm³/mol. The second-order valence-corrected chi connectivity index (χ2v) is 4.30. The van der Waals surface area contributed by atoms with Gasteiger partial charge in [-0.3, -0.25) is 9.59 Å². The van der Waals surface area contributed by atoms with E-state index in [9.17, 15) is 9.59 Å². The summed E-state index contributed by atoms with van der Waals surface area (Å²) in [4.78, 5) is 23.5. The second kappa shape index (κ2) is 4.26. The molecule has 0 bridgehead atoms. The van der Waals surface area contributed by atoms with Crippen LogP contribution in [0.4, 0.5) is 0 Å². The van der Waals surface area contributed by atoms with Crippen molar-refractivity contribution in [1.29, 1.82) is 0 Å². The maximum Gasteiger partial charge on any atom is 0.248 e. The van der Waals surface area contributed by atoms with E-state index in [-0.39, 0.29) is 11.6 Å². The zero-order valence-electron chi connectivity index (χ0n) is 10.4. The molecule has 92 valence electrons. The highest BCUT2D eigenvalue weighted by atomic mass is 16.5. The van der Waals surface area contributed by atoms with Crippen molar-refractivity contribution < 1.29 is 14.3 Å². The number of benzene rings is 1. The molecule has 0 unspecified atom stereocenters. The Morgan fingerprint density at radius 3 is 2.11 bits per heavy atom. The van der Waals surface area contributed by atoms with Gasteiger partial charge in [-0.05, 0) is 19.9 Å². The second-order valence-electron chi connectivity index (χ2n) is 4.30. The van der Waals surface area contributed by atoms with Crippen molar-refractivity contribution in [1.82, 2.24) is 0 Å². The van der Waals surface area contributed by atoms with Crippen LogP contribution >= 0.6 is 0 Å². The Bertz CT molecular complexity index is 538. The van der Waals surface area contributed by atoms with Crippen LogP contribution in [-0.4, -0.2) is 17.2 Å². The van der Waals surface area contributed by atoms with Gasteiger partial charge in [-0.15, -0.1) is 0 Å². The summed E-state index contributed by atoms with van der Waals surface area (Å²) in [6, 6.07) is 9.33. The van der Waals surface area contributed by atoms with Crippen molar-refractivity contribution in [2.75, 3.05) is 0 Å². The van der Waals surface area contributed by atoms with Gasteiger partial charge in [0.05, 0.1) is 0 Å². The van der Waals surface area contributed by atoms with Gasteiger partial charge < -0.3 is 4.74 Å². The van der Waals surface area contributed by atoms with Gasteiger partial charge in [-0.25, -0.2) is 0 Å². The van der Waals surface area contributed by atoms with Crippen molar-refractivity contribution in [2.45, 2.75) is 19.4 Å². The third kappa shape index (κ3) is 1.68. The standard InChI is InChI=1S/C15H14O3/c1-10-9-14(13-7-5-4-6-8-13)18-15(10,11(2)16)12(3)17/h4-9H,1H2,2-3H3. The van der Waals surface area contributed by atoms with Gasteiger partial charge in [0.25, 0.3) is 0 Å². The summed E-state index contributed by atoms with van der Waals surface area (Å²) < 4.78 is 5.63. The lowest BCUT2D eigenvalue weighted by Crippen LogP contribution is -2.45. The van der Waals surface area contributed by atoms with Crippen molar-refractivity contribution in [3.8, 4) is 0 Å². The van der Waals surface area contributed by atoms with Gasteiger partial charge in [0.15, 0.2) is 11.6 Å². The third-order valence-electron chi connectivity index (χ3n) is 3.07. The first-order valence-electron chi connectivity index (χ1n) is 5.66. The first kappa shape index (κ1) is 12.3. The van der Waals surface area contributed by atoms with Crippen molar-refractivity contribution in [3.63, 3.8) is 0 Å². The molecule has 2 rings (SSSR count). The summed E-state index contributed by atoms with van der Waals surface area (Å²) in [5, 5.41) is 0. The Hall–Kier alpha value is -2.16. The van der Waals surface area contributed by atoms with Crippen LogP contribution in [0.3, 0.4) is 0 Å². The minimum absolute atomic E-state index is 0.345. The average molecular weight is 242 g/mol. The van der Waals surface area contributed by atoms with Gasteiger partial charge in [0, 0.05) is 11.1 Å². The first-order chi connectivity index (χ1) is 8.48. The summed E-state index contributed by atoms with van der Waals surface area (Å²) in [5.74, 6) is -0.185. The largest absolute Gasteiger partial charge is 0.466 e. The number of Topliss-reactive ketones (excluding diaryl/α,β-unsaturated/α-hetero) is 2. The first-order valence-corrected chi connectivity index (χ1v) is 5.66. The molecular formula is C15H14O3. The van der Waals surface area contributed by atoms with E-state index in [1.165, 1.54) is 13.8 Å². The summed E-state index contributed by atoms with van der Waals surface area (Å²) in [6.45, 7) is 6.47. The van der Waals surface area contributed by atoms with Crippen LogP contribution in [0.2, 0.25) is 0 Å². The van der Waals surface area contributed by atoms with Crippen LogP contribution in [0.25, 0.3) is 5.76 Å². The zero-order valence-corrected chi connectivity index (χ0v) is 10.4. The number of ether oxygens (including phenoxy) is 1. The highest BCUT2D eigenvalue weighted by Gasteiger charge is 2.49. The number of hydrogen-bond acceptors (Lipinski definition) is 3. The molecule has 0 fully saturated rings. The van der Waals surface area contributed by atoms with Crippen LogP contribution in [0.5, 0.6) is 0 Å². The van der Waals surface area contributed by atoms with Crippen LogP contribution in [0.15, 0.2) is 48.6 Å². The van der Waals surface area contributed by atoms with E-state index in [1.807, 2.05) is 30.3 Å². The molecule has 0 N–H and O–H groups in total. The van der Waals surface area contributed by atoms with Crippen LogP contribution in [0.1, 0.15) is 19.4 Å². The minimum atomic E-state index is -1.54. The number of carbonyl (C=O) groups excluding carboxylic acids is 2. The van der Waals surface area contributed by atoms with Gasteiger partial charge >= 0.3 is 0 Å². The highest BCUT2D eigenvalue weighted by molar-refractivity contribution is 6.14. The topological polar surface area (TPSA) is 43.4 Å². The van der Waals surface area contributed by atoms with Gasteiger partial charge in [0.2, 0.25) is 5.60 Å². The smallest absolute Gasteiger partial charge is 0.248 e. The molecule has 3 heteroatoms. The van der Waals surface area contributed by atoms with Crippen molar-refractivity contribution >= 4 is 17.3 Å². The fraction of sp³-hybridized carbons (Fsp3) is 0.200. The molecule has 1 aliphatic heterocycles. The lowest BCUT2D eigenvalue weighted by atomic mass is 9.88. The third-order valence-corrected chi connectivity index (χ3v) is 3.07. The molecule has 0 aromatic heterocycles. The number of hydrogen-bond donors (Lipinski definition) is 0. The molecular weight excluding hydrogens is 228 g/mol. The average Bonchev–Trinajstić information content (AvgIpc) is 2.69. The van der Waals surface area contributed by atoms with E-state index >= 15 is 0 Å². The fourth-order valence-electron chi connectivity index (χ4n) is 2.11. The van der Waals surface area contributed by atoms with Gasteiger partial charge in [-0.1, -0.05) is 36.9 Å². The molecule has 18 heavy (non-hydrogen) atoms. The number of rotatable bonds is 3. The van der Waals surface area contributed by atoms with Crippen LogP contribution in [-0.2, 0) is 14.3 Å². The molecule has 1 aromatic carbocycles. The molecule has 0 spiro atoms. The molecule has 0 radical (unpaired) electrons. The molecule has 1 heterocycles. The van der Waals surface area contributed by atoms with E-state index < -0.39 is 5.60 Å². The highest BCUT2D eigenvalue weighted by Crippen LogP contribution is 2.38. The molecule has 1 aromatic rings. The molecule has 1 aliphatic rings. The Balaban J connectivity index is 2.43. The normalized spacial score (nSPS) is 17.0. The van der Waals surface area contributed by atoms with Crippen LogP contribution < -0.4 is 0 Å². The fourth-order valence-corrected chi connectivity index (χ4v) is 2.11.